The maximum atomic E-state index is 13.8. The summed E-state index contributed by atoms with van der Waals surface area (Å²) < 4.78 is 17.8. The second kappa shape index (κ2) is 9.92. The van der Waals surface area contributed by atoms with Gasteiger partial charge in [-0.25, -0.2) is 4.98 Å². The quantitative estimate of drug-likeness (QED) is 0.221. The van der Waals surface area contributed by atoms with Crippen LogP contribution in [0.5, 0.6) is 11.5 Å². The number of fused-ring (bicyclic) bond motifs is 2. The third kappa shape index (κ3) is 4.30. The number of ketones is 1. The van der Waals surface area contributed by atoms with Crippen LogP contribution in [0.3, 0.4) is 0 Å². The molecule has 0 bridgehead atoms. The zero-order valence-electron chi connectivity index (χ0n) is 21.2. The highest BCUT2D eigenvalue weighted by Gasteiger charge is 2.46. The molecule has 1 aliphatic heterocycles. The number of aliphatic hydroxyl groups is 1. The fourth-order valence-electron chi connectivity index (χ4n) is 4.74. The first-order valence-electron chi connectivity index (χ1n) is 12.5. The molecule has 1 N–H and O–H groups in total. The van der Waals surface area contributed by atoms with Crippen molar-refractivity contribution >= 4 is 49.3 Å². The molecule has 3 aromatic carbocycles. The number of carbonyl (C=O) groups excluding carboxylic acids is 2. The smallest absolute Gasteiger partial charge is 0.296 e. The number of hydrogen-bond acceptors (Lipinski definition) is 8. The molecule has 0 saturated heterocycles. The minimum atomic E-state index is -0.930. The summed E-state index contributed by atoms with van der Waals surface area (Å²) in [5.41, 5.74) is 1.76. The van der Waals surface area contributed by atoms with Gasteiger partial charge >= 0.3 is 0 Å². The summed E-state index contributed by atoms with van der Waals surface area (Å²) >= 11 is 1.28. The number of rotatable bonds is 8. The second-order valence-corrected chi connectivity index (χ2v) is 9.89. The van der Waals surface area contributed by atoms with Crippen LogP contribution in [0.15, 0.2) is 88.5 Å². The van der Waals surface area contributed by atoms with Gasteiger partial charge in [-0.2, -0.15) is 0 Å². The predicted molar refractivity (Wildman–Crippen MR) is 149 cm³/mol. The van der Waals surface area contributed by atoms with E-state index in [0.717, 1.165) is 10.1 Å². The van der Waals surface area contributed by atoms with Gasteiger partial charge in [0.25, 0.3) is 5.91 Å². The van der Waals surface area contributed by atoms with E-state index >= 15 is 0 Å². The standard InChI is InChI=1S/C30H24N2O6S/c1-3-36-19-11-9-17(10-12-19)26-25(27(33)23-15-18-7-5-6-8-22(18)38-23)28(34)29(35)32(26)30-31-21-14-13-20(37-4-2)16-24(21)39-30/h5-16,26,34H,3-4H2,1-2H3. The molecule has 0 aliphatic carbocycles. The van der Waals surface area contributed by atoms with Gasteiger partial charge in [0.2, 0.25) is 5.78 Å². The van der Waals surface area contributed by atoms with Crippen molar-refractivity contribution < 1.29 is 28.6 Å². The number of aromatic nitrogens is 1. The lowest BCUT2D eigenvalue weighted by Crippen LogP contribution is -2.30. The Labute approximate surface area is 227 Å². The Hall–Kier alpha value is -4.63. The Morgan fingerprint density at radius 2 is 1.72 bits per heavy atom. The molecular weight excluding hydrogens is 516 g/mol. The molecule has 0 fully saturated rings. The number of para-hydroxylation sites is 1. The highest BCUT2D eigenvalue weighted by atomic mass is 32.1. The van der Waals surface area contributed by atoms with E-state index in [1.807, 2.05) is 50.2 Å². The molecule has 6 rings (SSSR count). The lowest BCUT2D eigenvalue weighted by atomic mass is 9.95. The number of amides is 1. The molecule has 0 spiro atoms. The van der Waals surface area contributed by atoms with Crippen molar-refractivity contribution in [2.45, 2.75) is 19.9 Å². The van der Waals surface area contributed by atoms with E-state index in [9.17, 15) is 14.7 Å². The van der Waals surface area contributed by atoms with Gasteiger partial charge in [0.1, 0.15) is 17.1 Å². The molecule has 1 aliphatic rings. The molecule has 5 aromatic rings. The number of thiazole rings is 1. The van der Waals surface area contributed by atoms with E-state index < -0.39 is 23.5 Å². The first-order chi connectivity index (χ1) is 19.0. The number of hydrogen-bond donors (Lipinski definition) is 1. The number of carbonyl (C=O) groups is 2. The lowest BCUT2D eigenvalue weighted by Gasteiger charge is -2.24. The van der Waals surface area contributed by atoms with Crippen molar-refractivity contribution in [2.24, 2.45) is 0 Å². The normalized spacial score (nSPS) is 15.5. The zero-order valence-corrected chi connectivity index (χ0v) is 22.0. The van der Waals surface area contributed by atoms with E-state index in [0.29, 0.717) is 46.5 Å². The van der Waals surface area contributed by atoms with Gasteiger partial charge in [-0.15, -0.1) is 0 Å². The third-order valence-electron chi connectivity index (χ3n) is 6.47. The summed E-state index contributed by atoms with van der Waals surface area (Å²) in [6.45, 7) is 4.81. The van der Waals surface area contributed by atoms with Gasteiger partial charge in [-0.05, 0) is 61.9 Å². The molecule has 1 unspecified atom stereocenters. The SMILES string of the molecule is CCOc1ccc(C2C(C(=O)c3cc4ccccc4o3)=C(O)C(=O)N2c2nc3ccc(OCC)cc3s2)cc1. The summed E-state index contributed by atoms with van der Waals surface area (Å²) in [7, 11) is 0. The largest absolute Gasteiger partial charge is 0.503 e. The van der Waals surface area contributed by atoms with Crippen LogP contribution in [0.1, 0.15) is 36.0 Å². The van der Waals surface area contributed by atoms with Crippen molar-refractivity contribution in [2.75, 3.05) is 18.1 Å². The van der Waals surface area contributed by atoms with Gasteiger partial charge in [-0.1, -0.05) is 41.7 Å². The second-order valence-electron chi connectivity index (χ2n) is 8.88. The molecule has 2 aromatic heterocycles. The molecule has 0 radical (unpaired) electrons. The van der Waals surface area contributed by atoms with E-state index in [4.69, 9.17) is 13.9 Å². The topological polar surface area (TPSA) is 102 Å². The summed E-state index contributed by atoms with van der Waals surface area (Å²) in [6, 6.07) is 20.5. The summed E-state index contributed by atoms with van der Waals surface area (Å²) in [6.07, 6.45) is 0. The highest BCUT2D eigenvalue weighted by Crippen LogP contribution is 2.45. The molecule has 3 heterocycles. The van der Waals surface area contributed by atoms with E-state index in [-0.39, 0.29) is 11.3 Å². The van der Waals surface area contributed by atoms with Crippen molar-refractivity contribution in [1.29, 1.82) is 0 Å². The molecule has 1 atom stereocenters. The van der Waals surface area contributed by atoms with Crippen LogP contribution in [-0.2, 0) is 4.79 Å². The van der Waals surface area contributed by atoms with Crippen molar-refractivity contribution in [3.05, 3.63) is 95.5 Å². The molecule has 9 heteroatoms. The van der Waals surface area contributed by atoms with Crippen LogP contribution in [0, 0.1) is 0 Å². The Kier molecular flexibility index (Phi) is 6.28. The van der Waals surface area contributed by atoms with Crippen LogP contribution >= 0.6 is 11.3 Å². The minimum absolute atomic E-state index is 0.0361. The van der Waals surface area contributed by atoms with Crippen LogP contribution in [-0.4, -0.2) is 35.0 Å². The number of Topliss-reactive ketones (excluding diaryl/α,β-unsaturated/α-hetero) is 1. The average Bonchev–Trinajstić information content (AvgIpc) is 3.63. The maximum absolute atomic E-state index is 13.8. The van der Waals surface area contributed by atoms with Gasteiger partial charge < -0.3 is 19.0 Å². The number of nitrogens with zero attached hydrogens (tertiary/aromatic N) is 2. The number of furan rings is 1. The van der Waals surface area contributed by atoms with Gasteiger partial charge in [-0.3, -0.25) is 14.5 Å². The zero-order chi connectivity index (χ0) is 27.1. The van der Waals surface area contributed by atoms with Gasteiger partial charge in [0.15, 0.2) is 16.7 Å². The predicted octanol–water partition coefficient (Wildman–Crippen LogP) is 6.62. The van der Waals surface area contributed by atoms with Crippen LogP contribution in [0.2, 0.25) is 0 Å². The fraction of sp³-hybridized carbons (Fsp3) is 0.167. The molecule has 196 valence electrons. The first-order valence-corrected chi connectivity index (χ1v) is 13.4. The number of anilines is 1. The first kappa shape index (κ1) is 24.7. The van der Waals surface area contributed by atoms with Gasteiger partial charge in [0, 0.05) is 5.39 Å². The highest BCUT2D eigenvalue weighted by molar-refractivity contribution is 7.22. The molecule has 0 saturated carbocycles. The van der Waals surface area contributed by atoms with E-state index in [1.165, 1.54) is 16.2 Å². The van der Waals surface area contributed by atoms with Crippen LogP contribution in [0.25, 0.3) is 21.2 Å². The van der Waals surface area contributed by atoms with Crippen LogP contribution < -0.4 is 14.4 Å². The Morgan fingerprint density at radius 3 is 2.46 bits per heavy atom. The maximum Gasteiger partial charge on any atom is 0.296 e. The monoisotopic (exact) mass is 540 g/mol. The third-order valence-corrected chi connectivity index (χ3v) is 7.49. The molecular formula is C30H24N2O6S. The Balaban J connectivity index is 1.47. The number of aliphatic hydroxyl groups excluding tert-OH is 1. The van der Waals surface area contributed by atoms with E-state index in [2.05, 4.69) is 4.98 Å². The van der Waals surface area contributed by atoms with E-state index in [1.54, 1.807) is 36.4 Å². The number of benzene rings is 3. The molecule has 1 amide bonds. The summed E-state index contributed by atoms with van der Waals surface area (Å²) in [4.78, 5) is 33.5. The summed E-state index contributed by atoms with van der Waals surface area (Å²) in [5.74, 6) is -0.533. The minimum Gasteiger partial charge on any atom is -0.503 e. The average molecular weight is 541 g/mol. The fourth-order valence-corrected chi connectivity index (χ4v) is 5.76. The van der Waals surface area contributed by atoms with Crippen molar-refractivity contribution in [1.82, 2.24) is 4.98 Å². The van der Waals surface area contributed by atoms with Crippen LogP contribution in [0.4, 0.5) is 5.13 Å². The van der Waals surface area contributed by atoms with Crippen molar-refractivity contribution in [3.63, 3.8) is 0 Å². The van der Waals surface area contributed by atoms with Crippen molar-refractivity contribution in [3.8, 4) is 11.5 Å². The Bertz CT molecular complexity index is 1720. The summed E-state index contributed by atoms with van der Waals surface area (Å²) in [5, 5.41) is 12.2. The van der Waals surface area contributed by atoms with Gasteiger partial charge in [0.05, 0.1) is 35.0 Å². The molecule has 8 nitrogen and oxygen atoms in total. The Morgan fingerprint density at radius 1 is 1.00 bits per heavy atom. The molecule has 39 heavy (non-hydrogen) atoms. The lowest BCUT2D eigenvalue weighted by molar-refractivity contribution is -0.117. The number of ether oxygens (including phenoxy) is 2.